The second-order valence-electron chi connectivity index (χ2n) is 4.30. The van der Waals surface area contributed by atoms with Gasteiger partial charge in [0.15, 0.2) is 0 Å². The number of nitrogens with one attached hydrogen (secondary N) is 1. The summed E-state index contributed by atoms with van der Waals surface area (Å²) in [5, 5.41) is 6.99. The Bertz CT molecular complexity index is 315. The highest BCUT2D eigenvalue weighted by Crippen LogP contribution is 2.39. The SMILES string of the molecule is Cc1csc(C2(NCCN)CCCC2)n1. The van der Waals surface area contributed by atoms with Gasteiger partial charge in [0.1, 0.15) is 5.01 Å². The fraction of sp³-hybridized carbons (Fsp3) is 0.727. The zero-order valence-corrected chi connectivity index (χ0v) is 10.1. The summed E-state index contributed by atoms with van der Waals surface area (Å²) in [6.07, 6.45) is 5.02. The Morgan fingerprint density at radius 2 is 2.27 bits per heavy atom. The number of hydrogen-bond acceptors (Lipinski definition) is 4. The van der Waals surface area contributed by atoms with Crippen LogP contribution in [0.2, 0.25) is 0 Å². The molecule has 15 heavy (non-hydrogen) atoms. The highest BCUT2D eigenvalue weighted by Gasteiger charge is 2.37. The fourth-order valence-electron chi connectivity index (χ4n) is 2.33. The lowest BCUT2D eigenvalue weighted by atomic mass is 9.98. The molecule has 0 aromatic carbocycles. The zero-order chi connectivity index (χ0) is 10.7. The smallest absolute Gasteiger partial charge is 0.113 e. The Morgan fingerprint density at radius 1 is 1.53 bits per heavy atom. The lowest BCUT2D eigenvalue weighted by Crippen LogP contribution is -2.42. The Hall–Kier alpha value is -0.450. The van der Waals surface area contributed by atoms with Gasteiger partial charge in [0.25, 0.3) is 0 Å². The first-order valence-electron chi connectivity index (χ1n) is 5.64. The first-order valence-corrected chi connectivity index (χ1v) is 6.52. The van der Waals surface area contributed by atoms with Crippen molar-refractivity contribution in [2.45, 2.75) is 38.1 Å². The van der Waals surface area contributed by atoms with Crippen molar-refractivity contribution >= 4 is 11.3 Å². The number of hydrogen-bond donors (Lipinski definition) is 2. The van der Waals surface area contributed by atoms with Gasteiger partial charge >= 0.3 is 0 Å². The van der Waals surface area contributed by atoms with E-state index in [-0.39, 0.29) is 5.54 Å². The van der Waals surface area contributed by atoms with E-state index in [1.54, 1.807) is 11.3 Å². The lowest BCUT2D eigenvalue weighted by molar-refractivity contribution is 0.344. The van der Waals surface area contributed by atoms with Gasteiger partial charge in [-0.1, -0.05) is 12.8 Å². The zero-order valence-electron chi connectivity index (χ0n) is 9.25. The fourth-order valence-corrected chi connectivity index (χ4v) is 3.36. The minimum Gasteiger partial charge on any atom is -0.329 e. The van der Waals surface area contributed by atoms with Crippen LogP contribution < -0.4 is 11.1 Å². The molecule has 1 saturated carbocycles. The molecule has 4 heteroatoms. The van der Waals surface area contributed by atoms with Gasteiger partial charge < -0.3 is 11.1 Å². The molecule has 1 aliphatic rings. The first-order chi connectivity index (χ1) is 7.27. The van der Waals surface area contributed by atoms with Gasteiger partial charge in [-0.2, -0.15) is 0 Å². The van der Waals surface area contributed by atoms with E-state index in [9.17, 15) is 0 Å². The van der Waals surface area contributed by atoms with Crippen LogP contribution >= 0.6 is 11.3 Å². The third-order valence-electron chi connectivity index (χ3n) is 3.09. The number of thiazole rings is 1. The summed E-state index contributed by atoms with van der Waals surface area (Å²) in [6, 6.07) is 0. The standard InChI is InChI=1S/C11H19N3S/c1-9-8-15-10(14-9)11(13-7-6-12)4-2-3-5-11/h8,13H,2-7,12H2,1H3. The molecule has 1 aromatic heterocycles. The minimum atomic E-state index is 0.137. The molecule has 1 aromatic rings. The van der Waals surface area contributed by atoms with Crippen molar-refractivity contribution in [1.82, 2.24) is 10.3 Å². The molecule has 0 bridgehead atoms. The van der Waals surface area contributed by atoms with Gasteiger partial charge in [-0.15, -0.1) is 11.3 Å². The predicted octanol–water partition coefficient (Wildman–Crippen LogP) is 1.77. The van der Waals surface area contributed by atoms with Crippen molar-refractivity contribution in [3.05, 3.63) is 16.1 Å². The predicted molar refractivity (Wildman–Crippen MR) is 64.1 cm³/mol. The van der Waals surface area contributed by atoms with E-state index in [0.29, 0.717) is 6.54 Å². The van der Waals surface area contributed by atoms with Gasteiger partial charge in [0, 0.05) is 24.2 Å². The van der Waals surface area contributed by atoms with Crippen LogP contribution in [0.25, 0.3) is 0 Å². The molecule has 1 aliphatic carbocycles. The van der Waals surface area contributed by atoms with Crippen LogP contribution in [0.15, 0.2) is 5.38 Å². The van der Waals surface area contributed by atoms with Crippen molar-refractivity contribution in [2.75, 3.05) is 13.1 Å². The van der Waals surface area contributed by atoms with Crippen molar-refractivity contribution in [3.8, 4) is 0 Å². The molecule has 84 valence electrons. The second kappa shape index (κ2) is 4.60. The van der Waals surface area contributed by atoms with Crippen LogP contribution in [0, 0.1) is 6.92 Å². The van der Waals surface area contributed by atoms with Crippen LogP contribution in [-0.4, -0.2) is 18.1 Å². The molecule has 0 saturated heterocycles. The maximum atomic E-state index is 5.57. The van der Waals surface area contributed by atoms with Gasteiger partial charge in [-0.25, -0.2) is 4.98 Å². The molecule has 3 nitrogen and oxygen atoms in total. The van der Waals surface area contributed by atoms with E-state index >= 15 is 0 Å². The summed E-state index contributed by atoms with van der Waals surface area (Å²) in [5.41, 5.74) is 6.84. The lowest BCUT2D eigenvalue weighted by Gasteiger charge is -2.28. The van der Waals surface area contributed by atoms with Crippen LogP contribution in [-0.2, 0) is 5.54 Å². The molecule has 0 amide bonds. The molecule has 2 rings (SSSR count). The quantitative estimate of drug-likeness (QED) is 0.821. The molecular weight excluding hydrogens is 206 g/mol. The van der Waals surface area contributed by atoms with Crippen molar-refractivity contribution < 1.29 is 0 Å². The van der Waals surface area contributed by atoms with Crippen LogP contribution in [0.5, 0.6) is 0 Å². The average molecular weight is 225 g/mol. The summed E-state index contributed by atoms with van der Waals surface area (Å²) < 4.78 is 0. The highest BCUT2D eigenvalue weighted by atomic mass is 32.1. The highest BCUT2D eigenvalue weighted by molar-refractivity contribution is 7.09. The second-order valence-corrected chi connectivity index (χ2v) is 5.16. The summed E-state index contributed by atoms with van der Waals surface area (Å²) >= 11 is 1.78. The largest absolute Gasteiger partial charge is 0.329 e. The summed E-state index contributed by atoms with van der Waals surface area (Å²) in [7, 11) is 0. The van der Waals surface area contributed by atoms with Crippen molar-refractivity contribution in [1.29, 1.82) is 0 Å². The Labute approximate surface area is 95.1 Å². The number of rotatable bonds is 4. The maximum Gasteiger partial charge on any atom is 0.113 e. The monoisotopic (exact) mass is 225 g/mol. The third-order valence-corrected chi connectivity index (χ3v) is 4.26. The first kappa shape index (κ1) is 11.0. The Balaban J connectivity index is 2.18. The molecule has 0 unspecified atom stereocenters. The van der Waals surface area contributed by atoms with E-state index < -0.39 is 0 Å². The van der Waals surface area contributed by atoms with Crippen molar-refractivity contribution in [3.63, 3.8) is 0 Å². The molecule has 0 atom stereocenters. The Kier molecular flexibility index (Phi) is 3.38. The van der Waals surface area contributed by atoms with Crippen LogP contribution in [0.3, 0.4) is 0 Å². The van der Waals surface area contributed by atoms with E-state index in [0.717, 1.165) is 12.2 Å². The normalized spacial score (nSPS) is 19.6. The third kappa shape index (κ3) is 2.22. The molecular formula is C11H19N3S. The van der Waals surface area contributed by atoms with Gasteiger partial charge in [0.05, 0.1) is 5.54 Å². The van der Waals surface area contributed by atoms with Gasteiger partial charge in [0.2, 0.25) is 0 Å². The van der Waals surface area contributed by atoms with E-state index in [4.69, 9.17) is 5.73 Å². The Morgan fingerprint density at radius 3 is 2.80 bits per heavy atom. The summed E-state index contributed by atoms with van der Waals surface area (Å²) in [6.45, 7) is 3.65. The molecule has 0 aliphatic heterocycles. The molecule has 1 fully saturated rings. The van der Waals surface area contributed by atoms with Crippen molar-refractivity contribution in [2.24, 2.45) is 5.73 Å². The van der Waals surface area contributed by atoms with E-state index in [2.05, 4.69) is 22.6 Å². The molecule has 3 N–H and O–H groups in total. The average Bonchev–Trinajstić information content (AvgIpc) is 2.84. The van der Waals surface area contributed by atoms with Crippen LogP contribution in [0.1, 0.15) is 36.4 Å². The molecule has 1 heterocycles. The number of aryl methyl sites for hydroxylation is 1. The maximum absolute atomic E-state index is 5.57. The van der Waals surface area contributed by atoms with E-state index in [1.807, 2.05) is 0 Å². The van der Waals surface area contributed by atoms with Crippen LogP contribution in [0.4, 0.5) is 0 Å². The molecule has 0 radical (unpaired) electrons. The number of aromatic nitrogens is 1. The summed E-state index contributed by atoms with van der Waals surface area (Å²) in [5.74, 6) is 0. The minimum absolute atomic E-state index is 0.137. The van der Waals surface area contributed by atoms with Gasteiger partial charge in [-0.3, -0.25) is 0 Å². The summed E-state index contributed by atoms with van der Waals surface area (Å²) in [4.78, 5) is 4.63. The number of nitrogens with zero attached hydrogens (tertiary/aromatic N) is 1. The molecule has 0 spiro atoms. The number of nitrogens with two attached hydrogens (primary N) is 1. The topological polar surface area (TPSA) is 50.9 Å². The van der Waals surface area contributed by atoms with E-state index in [1.165, 1.54) is 30.7 Å². The van der Waals surface area contributed by atoms with Gasteiger partial charge in [-0.05, 0) is 19.8 Å².